The maximum absolute atomic E-state index is 11.4. The molecule has 26 heavy (non-hydrogen) atoms. The van der Waals surface area contributed by atoms with Gasteiger partial charge in [-0.15, -0.1) is 0 Å². The van der Waals surface area contributed by atoms with Crippen molar-refractivity contribution < 1.29 is 28.5 Å². The molecular weight excluding hydrogens is 342 g/mol. The van der Waals surface area contributed by atoms with Gasteiger partial charge >= 0.3 is 11.9 Å². The van der Waals surface area contributed by atoms with Crippen LogP contribution >= 0.6 is 0 Å². The first-order valence-electron chi connectivity index (χ1n) is 8.15. The zero-order valence-electron chi connectivity index (χ0n) is 14.6. The average Bonchev–Trinajstić information content (AvgIpc) is 2.61. The molecule has 1 fully saturated rings. The van der Waals surface area contributed by atoms with E-state index in [0.29, 0.717) is 6.42 Å². The second-order valence-electron chi connectivity index (χ2n) is 5.80. The van der Waals surface area contributed by atoms with Gasteiger partial charge in [0.05, 0.1) is 18.8 Å². The van der Waals surface area contributed by atoms with Crippen LogP contribution in [0.5, 0.6) is 0 Å². The Morgan fingerprint density at radius 2 is 2.00 bits per heavy atom. The van der Waals surface area contributed by atoms with Gasteiger partial charge in [0.25, 0.3) is 0 Å². The Morgan fingerprint density at radius 3 is 2.62 bits per heavy atom. The van der Waals surface area contributed by atoms with Crippen molar-refractivity contribution in [1.82, 2.24) is 0 Å². The molecule has 1 heterocycles. The van der Waals surface area contributed by atoms with E-state index < -0.39 is 36.5 Å². The number of esters is 2. The predicted molar refractivity (Wildman–Crippen MR) is 89.6 cm³/mol. The topological polar surface area (TPSA) is 120 Å². The van der Waals surface area contributed by atoms with E-state index in [2.05, 4.69) is 10.0 Å². The highest BCUT2D eigenvalue weighted by Gasteiger charge is 2.41. The van der Waals surface area contributed by atoms with Crippen LogP contribution in [0.4, 0.5) is 0 Å². The van der Waals surface area contributed by atoms with Crippen molar-refractivity contribution in [2.75, 3.05) is 6.61 Å². The van der Waals surface area contributed by atoms with Crippen LogP contribution in [0.15, 0.2) is 35.4 Å². The third-order valence-electron chi connectivity index (χ3n) is 3.73. The minimum atomic E-state index is -1.11. The lowest BCUT2D eigenvalue weighted by Crippen LogP contribution is -2.51. The van der Waals surface area contributed by atoms with Gasteiger partial charge in [-0.25, -0.2) is 0 Å². The Kier molecular flexibility index (Phi) is 7.40. The summed E-state index contributed by atoms with van der Waals surface area (Å²) >= 11 is 0. The van der Waals surface area contributed by atoms with Crippen LogP contribution in [-0.4, -0.2) is 43.1 Å². The first-order chi connectivity index (χ1) is 12.5. The van der Waals surface area contributed by atoms with Crippen LogP contribution < -0.4 is 0 Å². The number of carbonyl (C=O) groups is 2. The van der Waals surface area contributed by atoms with Gasteiger partial charge in [-0.2, -0.15) is 0 Å². The van der Waals surface area contributed by atoms with Gasteiger partial charge in [-0.05, 0) is 11.1 Å². The molecule has 1 aromatic carbocycles. The Bertz CT molecular complexity index is 662. The van der Waals surface area contributed by atoms with Crippen LogP contribution in [0, 0.1) is 0 Å². The van der Waals surface area contributed by atoms with E-state index in [-0.39, 0.29) is 13.2 Å². The number of ether oxygens (including phenoxy) is 4. The Balaban J connectivity index is 2.12. The molecule has 0 radical (unpaired) electrons. The highest BCUT2D eigenvalue weighted by atomic mass is 16.7. The van der Waals surface area contributed by atoms with E-state index in [9.17, 15) is 9.59 Å². The van der Waals surface area contributed by atoms with E-state index in [1.807, 2.05) is 30.3 Å². The van der Waals surface area contributed by atoms with Crippen LogP contribution in [-0.2, 0) is 35.1 Å². The molecule has 1 aliphatic rings. The largest absolute Gasteiger partial charge is 0.463 e. The summed E-state index contributed by atoms with van der Waals surface area (Å²) in [5.41, 5.74) is 9.80. The maximum atomic E-state index is 11.4. The lowest BCUT2D eigenvalue weighted by atomic mass is 10.0. The van der Waals surface area contributed by atoms with Crippen LogP contribution in [0.25, 0.3) is 10.4 Å². The summed E-state index contributed by atoms with van der Waals surface area (Å²) < 4.78 is 21.6. The lowest BCUT2D eigenvalue weighted by Gasteiger charge is -2.38. The van der Waals surface area contributed by atoms with Gasteiger partial charge in [0.1, 0.15) is 12.6 Å². The van der Waals surface area contributed by atoms with Crippen molar-refractivity contribution in [3.8, 4) is 0 Å². The fourth-order valence-electron chi connectivity index (χ4n) is 2.61. The molecule has 9 nitrogen and oxygen atoms in total. The molecule has 2 unspecified atom stereocenters. The minimum Gasteiger partial charge on any atom is -0.463 e. The van der Waals surface area contributed by atoms with Crippen LogP contribution in [0.3, 0.4) is 0 Å². The lowest BCUT2D eigenvalue weighted by molar-refractivity contribution is -0.235. The van der Waals surface area contributed by atoms with Crippen molar-refractivity contribution in [2.45, 2.75) is 51.4 Å². The number of hydrogen-bond donors (Lipinski definition) is 0. The summed E-state index contributed by atoms with van der Waals surface area (Å²) in [7, 11) is 0. The van der Waals surface area contributed by atoms with Crippen molar-refractivity contribution >= 4 is 11.9 Å². The fourth-order valence-corrected chi connectivity index (χ4v) is 2.61. The van der Waals surface area contributed by atoms with Gasteiger partial charge in [0, 0.05) is 25.2 Å². The first kappa shape index (κ1) is 19.7. The normalized spacial score (nSPS) is 25.0. The third-order valence-corrected chi connectivity index (χ3v) is 3.73. The average molecular weight is 363 g/mol. The van der Waals surface area contributed by atoms with Crippen molar-refractivity contribution in [3.63, 3.8) is 0 Å². The molecule has 0 N–H and O–H groups in total. The molecule has 1 aromatic rings. The molecule has 0 spiro atoms. The molecule has 1 saturated heterocycles. The monoisotopic (exact) mass is 363 g/mol. The van der Waals surface area contributed by atoms with Crippen molar-refractivity contribution in [1.29, 1.82) is 0 Å². The molecule has 1 aliphatic heterocycles. The summed E-state index contributed by atoms with van der Waals surface area (Å²) in [6, 6.07) is 8.63. The predicted octanol–water partition coefficient (Wildman–Crippen LogP) is 2.49. The molecule has 4 atom stereocenters. The van der Waals surface area contributed by atoms with Crippen molar-refractivity contribution in [2.24, 2.45) is 5.11 Å². The zero-order valence-corrected chi connectivity index (χ0v) is 14.6. The standard InChI is InChI=1S/C17H21N3O6/c1-11(21)23-10-14-8-15(24-9-13-6-4-3-5-7-13)16(19-20-18)17(26-14)25-12(2)22/h3-7,14-17H,8-10H2,1-2H3/t14?,15-,16?,17+/m1/s1. The van der Waals surface area contributed by atoms with E-state index in [1.54, 1.807) is 0 Å². The summed E-state index contributed by atoms with van der Waals surface area (Å²) in [6.45, 7) is 2.79. The number of benzene rings is 1. The second-order valence-corrected chi connectivity index (χ2v) is 5.80. The maximum Gasteiger partial charge on any atom is 0.304 e. The minimum absolute atomic E-state index is 0.0126. The number of hydrogen-bond acceptors (Lipinski definition) is 7. The molecule has 0 aliphatic carbocycles. The van der Waals surface area contributed by atoms with Gasteiger partial charge < -0.3 is 18.9 Å². The fraction of sp³-hybridized carbons (Fsp3) is 0.529. The Labute approximate surface area is 150 Å². The Morgan fingerprint density at radius 1 is 1.27 bits per heavy atom. The summed E-state index contributed by atoms with van der Waals surface area (Å²) in [6.07, 6.45) is -1.90. The second kappa shape index (κ2) is 9.76. The molecule has 0 saturated carbocycles. The van der Waals surface area contributed by atoms with Crippen molar-refractivity contribution in [3.05, 3.63) is 46.3 Å². The highest BCUT2D eigenvalue weighted by molar-refractivity contribution is 5.66. The SMILES string of the molecule is CC(=O)OCC1C[C@@H](OCc2ccccc2)C(N=[N+]=[N-])[C@@H](OC(C)=O)O1. The first-order valence-corrected chi connectivity index (χ1v) is 8.15. The molecule has 2 rings (SSSR count). The molecule has 0 bridgehead atoms. The van der Waals surface area contributed by atoms with E-state index >= 15 is 0 Å². The molecule has 0 amide bonds. The smallest absolute Gasteiger partial charge is 0.304 e. The molecule has 140 valence electrons. The quantitative estimate of drug-likeness (QED) is 0.318. The van der Waals surface area contributed by atoms with E-state index in [4.69, 9.17) is 24.5 Å². The van der Waals surface area contributed by atoms with E-state index in [1.165, 1.54) is 13.8 Å². The third kappa shape index (κ3) is 6.03. The zero-order chi connectivity index (χ0) is 18.9. The summed E-state index contributed by atoms with van der Waals surface area (Å²) in [4.78, 5) is 25.2. The number of azide groups is 1. The number of carbonyl (C=O) groups excluding carboxylic acids is 2. The highest BCUT2D eigenvalue weighted by Crippen LogP contribution is 2.27. The number of nitrogens with zero attached hydrogens (tertiary/aromatic N) is 3. The van der Waals surface area contributed by atoms with Gasteiger partial charge in [0.2, 0.25) is 6.29 Å². The van der Waals surface area contributed by atoms with Gasteiger partial charge in [-0.1, -0.05) is 35.4 Å². The molecular formula is C17H21N3O6. The van der Waals surface area contributed by atoms with Gasteiger partial charge in [0.15, 0.2) is 0 Å². The van der Waals surface area contributed by atoms with Gasteiger partial charge in [-0.3, -0.25) is 9.59 Å². The molecule has 9 heteroatoms. The van der Waals surface area contributed by atoms with E-state index in [0.717, 1.165) is 5.56 Å². The summed E-state index contributed by atoms with van der Waals surface area (Å²) in [5, 5.41) is 3.69. The van der Waals surface area contributed by atoms with Crippen LogP contribution in [0.1, 0.15) is 25.8 Å². The van der Waals surface area contributed by atoms with Crippen LogP contribution in [0.2, 0.25) is 0 Å². The number of rotatable bonds is 7. The molecule has 0 aromatic heterocycles. The summed E-state index contributed by atoms with van der Waals surface area (Å²) in [5.74, 6) is -1.03. The Hall–Kier alpha value is -2.61.